The molecule has 0 saturated carbocycles. The minimum Gasteiger partial charge on any atom is -0.412 e. The molecule has 0 bridgehead atoms. The van der Waals surface area contributed by atoms with Gasteiger partial charge in [-0.25, -0.2) is 0 Å². The molecule has 0 spiro atoms. The Bertz CT molecular complexity index is 85.5. The standard InChI is InChI=1S/C12H27N.4H2O/c1-4-7-10-13(11-8-5-2)12-9-6-3;;;;/h4-12H2,1-3H3;4*1H2. The van der Waals surface area contributed by atoms with Crippen molar-refractivity contribution in [3.63, 3.8) is 0 Å². The fraction of sp³-hybridized carbons (Fsp3) is 1.00. The minimum atomic E-state index is 0. The Morgan fingerprint density at radius 2 is 0.765 bits per heavy atom. The van der Waals surface area contributed by atoms with Crippen molar-refractivity contribution in [1.82, 2.24) is 4.90 Å². The molecule has 0 aliphatic carbocycles. The highest BCUT2D eigenvalue weighted by Crippen LogP contribution is 2.01. The van der Waals surface area contributed by atoms with Crippen molar-refractivity contribution in [1.29, 1.82) is 0 Å². The summed E-state index contributed by atoms with van der Waals surface area (Å²) >= 11 is 0. The third-order valence-corrected chi connectivity index (χ3v) is 2.48. The molecule has 5 heteroatoms. The first kappa shape index (κ1) is 30.1. The zero-order valence-electron chi connectivity index (χ0n) is 11.8. The van der Waals surface area contributed by atoms with Crippen molar-refractivity contribution >= 4 is 0 Å². The van der Waals surface area contributed by atoms with Gasteiger partial charge in [-0.05, 0) is 38.9 Å². The van der Waals surface area contributed by atoms with Gasteiger partial charge in [-0.3, -0.25) is 0 Å². The molecule has 0 radical (unpaired) electrons. The lowest BCUT2D eigenvalue weighted by Gasteiger charge is -2.21. The number of nitrogens with zero attached hydrogens (tertiary/aromatic N) is 1. The molecular weight excluding hydrogens is 222 g/mol. The smallest absolute Gasteiger partial charge is 0.00188 e. The Balaban J connectivity index is -0.000000120. The first-order valence-electron chi connectivity index (χ1n) is 6.07. The molecule has 0 aromatic carbocycles. The highest BCUT2D eigenvalue weighted by atomic mass is 16.0. The Morgan fingerprint density at radius 3 is 0.941 bits per heavy atom. The topological polar surface area (TPSA) is 129 Å². The maximum atomic E-state index is 2.64. The Kier molecular flexibility index (Phi) is 44.0. The summed E-state index contributed by atoms with van der Waals surface area (Å²) in [7, 11) is 0. The summed E-state index contributed by atoms with van der Waals surface area (Å²) in [6.45, 7) is 10.8. The zero-order valence-corrected chi connectivity index (χ0v) is 11.8. The lowest BCUT2D eigenvalue weighted by Crippen LogP contribution is -2.27. The molecule has 0 saturated heterocycles. The molecule has 17 heavy (non-hydrogen) atoms. The number of hydrogen-bond donors (Lipinski definition) is 0. The fourth-order valence-corrected chi connectivity index (χ4v) is 1.48. The molecule has 0 amide bonds. The van der Waals surface area contributed by atoms with Gasteiger partial charge >= 0.3 is 0 Å². The summed E-state index contributed by atoms with van der Waals surface area (Å²) in [5.41, 5.74) is 0. The van der Waals surface area contributed by atoms with Crippen LogP contribution in [0.1, 0.15) is 59.3 Å². The molecule has 0 rings (SSSR count). The first-order valence-corrected chi connectivity index (χ1v) is 6.07. The van der Waals surface area contributed by atoms with Gasteiger partial charge in [0.1, 0.15) is 0 Å². The first-order chi connectivity index (χ1) is 6.35. The number of unbranched alkanes of at least 4 members (excludes halogenated alkanes) is 3. The largest absolute Gasteiger partial charge is 0.412 e. The van der Waals surface area contributed by atoms with Gasteiger partial charge in [-0.15, -0.1) is 0 Å². The van der Waals surface area contributed by atoms with Gasteiger partial charge in [0.05, 0.1) is 0 Å². The van der Waals surface area contributed by atoms with Gasteiger partial charge in [0, 0.05) is 0 Å². The second kappa shape index (κ2) is 24.9. The van der Waals surface area contributed by atoms with Gasteiger partial charge in [0.2, 0.25) is 0 Å². The lowest BCUT2D eigenvalue weighted by atomic mass is 10.2. The summed E-state index contributed by atoms with van der Waals surface area (Å²) in [6, 6.07) is 0. The molecule has 0 aliphatic rings. The van der Waals surface area contributed by atoms with Crippen LogP contribution in [0.4, 0.5) is 0 Å². The SMILES string of the molecule is CCCCN(CCCC)CCCC.O.O.O.O. The van der Waals surface area contributed by atoms with E-state index < -0.39 is 0 Å². The van der Waals surface area contributed by atoms with E-state index in [-0.39, 0.29) is 21.9 Å². The van der Waals surface area contributed by atoms with E-state index in [0.29, 0.717) is 0 Å². The molecule has 0 heterocycles. The van der Waals surface area contributed by atoms with Gasteiger partial charge in [-0.2, -0.15) is 0 Å². The highest BCUT2D eigenvalue weighted by molar-refractivity contribution is 4.57. The summed E-state index contributed by atoms with van der Waals surface area (Å²) in [5.74, 6) is 0. The predicted molar refractivity (Wildman–Crippen MR) is 75.6 cm³/mol. The van der Waals surface area contributed by atoms with Crippen LogP contribution in [-0.2, 0) is 0 Å². The van der Waals surface area contributed by atoms with Crippen LogP contribution in [0, 0.1) is 0 Å². The molecule has 0 aliphatic heterocycles. The van der Waals surface area contributed by atoms with E-state index in [1.54, 1.807) is 0 Å². The Labute approximate surface area is 106 Å². The quantitative estimate of drug-likeness (QED) is 0.581. The van der Waals surface area contributed by atoms with Crippen molar-refractivity contribution < 1.29 is 21.9 Å². The summed E-state index contributed by atoms with van der Waals surface area (Å²) in [4.78, 5) is 2.64. The van der Waals surface area contributed by atoms with Crippen LogP contribution in [0.15, 0.2) is 0 Å². The van der Waals surface area contributed by atoms with Crippen molar-refractivity contribution in [2.45, 2.75) is 59.3 Å². The molecule has 0 unspecified atom stereocenters. The van der Waals surface area contributed by atoms with Crippen molar-refractivity contribution in [2.24, 2.45) is 0 Å². The van der Waals surface area contributed by atoms with E-state index >= 15 is 0 Å². The van der Waals surface area contributed by atoms with E-state index in [2.05, 4.69) is 25.7 Å². The van der Waals surface area contributed by atoms with Crippen molar-refractivity contribution in [3.8, 4) is 0 Å². The van der Waals surface area contributed by atoms with Crippen LogP contribution >= 0.6 is 0 Å². The average molecular weight is 257 g/mol. The molecule has 0 aromatic heterocycles. The Morgan fingerprint density at radius 1 is 0.529 bits per heavy atom. The maximum absolute atomic E-state index is 2.64. The van der Waals surface area contributed by atoms with Crippen molar-refractivity contribution in [3.05, 3.63) is 0 Å². The van der Waals surface area contributed by atoms with Crippen LogP contribution in [-0.4, -0.2) is 46.4 Å². The lowest BCUT2D eigenvalue weighted by molar-refractivity contribution is 0.261. The van der Waals surface area contributed by atoms with Crippen LogP contribution < -0.4 is 0 Å². The van der Waals surface area contributed by atoms with E-state index in [1.807, 2.05) is 0 Å². The predicted octanol–water partition coefficient (Wildman–Crippen LogP) is 0.390. The van der Waals surface area contributed by atoms with Crippen LogP contribution in [0.5, 0.6) is 0 Å². The van der Waals surface area contributed by atoms with E-state index in [1.165, 1.54) is 58.2 Å². The van der Waals surface area contributed by atoms with E-state index in [4.69, 9.17) is 0 Å². The van der Waals surface area contributed by atoms with Crippen molar-refractivity contribution in [2.75, 3.05) is 19.6 Å². The van der Waals surface area contributed by atoms with Gasteiger partial charge in [-0.1, -0.05) is 40.0 Å². The molecule has 0 fully saturated rings. The fourth-order valence-electron chi connectivity index (χ4n) is 1.48. The second-order valence-corrected chi connectivity index (χ2v) is 3.90. The van der Waals surface area contributed by atoms with Crippen LogP contribution in [0.25, 0.3) is 0 Å². The number of hydrogen-bond acceptors (Lipinski definition) is 1. The number of rotatable bonds is 9. The molecule has 112 valence electrons. The zero-order chi connectivity index (χ0) is 9.94. The maximum Gasteiger partial charge on any atom is -0.00188 e. The molecule has 8 N–H and O–H groups in total. The molecule has 5 nitrogen and oxygen atoms in total. The van der Waals surface area contributed by atoms with Gasteiger partial charge < -0.3 is 26.8 Å². The summed E-state index contributed by atoms with van der Waals surface area (Å²) in [5, 5.41) is 0. The van der Waals surface area contributed by atoms with Crippen LogP contribution in [0.2, 0.25) is 0 Å². The van der Waals surface area contributed by atoms with Crippen LogP contribution in [0.3, 0.4) is 0 Å². The van der Waals surface area contributed by atoms with E-state index in [9.17, 15) is 0 Å². The minimum absolute atomic E-state index is 0. The average Bonchev–Trinajstić information content (AvgIpc) is 2.17. The summed E-state index contributed by atoms with van der Waals surface area (Å²) < 4.78 is 0. The molecule has 0 aromatic rings. The Hall–Kier alpha value is -0.200. The third-order valence-electron chi connectivity index (χ3n) is 2.48. The normalized spacial score (nSPS) is 8.47. The highest BCUT2D eigenvalue weighted by Gasteiger charge is 2.01. The second-order valence-electron chi connectivity index (χ2n) is 3.90. The molecular formula is C12H35NO4. The monoisotopic (exact) mass is 257 g/mol. The molecule has 0 atom stereocenters. The third kappa shape index (κ3) is 21.6. The van der Waals surface area contributed by atoms with Gasteiger partial charge in [0.25, 0.3) is 0 Å². The van der Waals surface area contributed by atoms with Gasteiger partial charge in [0.15, 0.2) is 0 Å². The summed E-state index contributed by atoms with van der Waals surface area (Å²) in [6.07, 6.45) is 8.09. The van der Waals surface area contributed by atoms with E-state index in [0.717, 1.165) is 0 Å².